The fourth-order valence-electron chi connectivity index (χ4n) is 2.74. The summed E-state index contributed by atoms with van der Waals surface area (Å²) in [7, 11) is 1.91. The van der Waals surface area contributed by atoms with Crippen molar-refractivity contribution in [2.24, 2.45) is 0 Å². The number of amides is 1. The van der Waals surface area contributed by atoms with Crippen molar-refractivity contribution >= 4 is 17.5 Å². The maximum absolute atomic E-state index is 12.4. The molecule has 0 radical (unpaired) electrons. The van der Waals surface area contributed by atoms with Gasteiger partial charge in [0.2, 0.25) is 12.7 Å². The van der Waals surface area contributed by atoms with Gasteiger partial charge < -0.3 is 19.7 Å². The van der Waals surface area contributed by atoms with Crippen LogP contribution in [0.15, 0.2) is 60.9 Å². The summed E-state index contributed by atoms with van der Waals surface area (Å²) in [4.78, 5) is 22.9. The fraction of sp³-hybridized carbons (Fsp3) is 0.150. The van der Waals surface area contributed by atoms with Crippen LogP contribution < -0.4 is 19.7 Å². The molecule has 0 bridgehead atoms. The molecule has 1 aliphatic heterocycles. The number of anilines is 2. The predicted octanol–water partition coefficient (Wildman–Crippen LogP) is 3.09. The van der Waals surface area contributed by atoms with E-state index in [1.807, 2.05) is 42.3 Å². The maximum atomic E-state index is 12.4. The summed E-state index contributed by atoms with van der Waals surface area (Å²) >= 11 is 0. The second-order valence-corrected chi connectivity index (χ2v) is 6.14. The molecule has 0 aliphatic carbocycles. The minimum atomic E-state index is -0.286. The average Bonchev–Trinajstić information content (AvgIpc) is 3.16. The molecule has 4 rings (SSSR count). The van der Waals surface area contributed by atoms with E-state index in [0.29, 0.717) is 35.2 Å². The second kappa shape index (κ2) is 7.33. The van der Waals surface area contributed by atoms with E-state index in [0.717, 1.165) is 5.56 Å². The predicted molar refractivity (Wildman–Crippen MR) is 101 cm³/mol. The van der Waals surface area contributed by atoms with E-state index in [1.54, 1.807) is 18.2 Å². The molecule has 7 nitrogen and oxygen atoms in total. The molecule has 2 aromatic carbocycles. The monoisotopic (exact) mass is 362 g/mol. The first-order valence-electron chi connectivity index (χ1n) is 8.47. The highest BCUT2D eigenvalue weighted by Crippen LogP contribution is 2.34. The summed E-state index contributed by atoms with van der Waals surface area (Å²) < 4.78 is 10.6. The quantitative estimate of drug-likeness (QED) is 0.752. The zero-order valence-electron chi connectivity index (χ0n) is 14.8. The largest absolute Gasteiger partial charge is 0.454 e. The van der Waals surface area contributed by atoms with Gasteiger partial charge in [0.05, 0.1) is 5.56 Å². The molecule has 0 saturated heterocycles. The number of nitrogens with one attached hydrogen (secondary N) is 1. The first-order valence-corrected chi connectivity index (χ1v) is 8.47. The third-order valence-electron chi connectivity index (χ3n) is 4.13. The zero-order valence-corrected chi connectivity index (χ0v) is 14.8. The van der Waals surface area contributed by atoms with Gasteiger partial charge in [-0.3, -0.25) is 4.79 Å². The van der Waals surface area contributed by atoms with Crippen molar-refractivity contribution in [2.75, 3.05) is 24.1 Å². The Balaban J connectivity index is 1.41. The number of carbonyl (C=O) groups is 1. The van der Waals surface area contributed by atoms with Gasteiger partial charge in [0.25, 0.3) is 5.91 Å². The Labute approximate surface area is 156 Å². The smallest absolute Gasteiger partial charge is 0.258 e. The van der Waals surface area contributed by atoms with Gasteiger partial charge in [-0.15, -0.1) is 0 Å². The van der Waals surface area contributed by atoms with Gasteiger partial charge in [-0.05, 0) is 17.7 Å². The summed E-state index contributed by atoms with van der Waals surface area (Å²) in [5.41, 5.74) is 2.16. The second-order valence-electron chi connectivity index (χ2n) is 6.14. The van der Waals surface area contributed by atoms with Gasteiger partial charge in [0.1, 0.15) is 0 Å². The molecule has 1 N–H and O–H groups in total. The highest BCUT2D eigenvalue weighted by Gasteiger charge is 2.15. The van der Waals surface area contributed by atoms with E-state index in [-0.39, 0.29) is 12.7 Å². The minimum absolute atomic E-state index is 0.193. The number of benzene rings is 2. The topological polar surface area (TPSA) is 76.6 Å². The van der Waals surface area contributed by atoms with Crippen LogP contribution in [0.2, 0.25) is 0 Å². The van der Waals surface area contributed by atoms with Gasteiger partial charge in [0.15, 0.2) is 11.5 Å². The first kappa shape index (κ1) is 16.8. The molecule has 136 valence electrons. The normalized spacial score (nSPS) is 11.9. The van der Waals surface area contributed by atoms with E-state index in [2.05, 4.69) is 15.3 Å². The molecule has 2 heterocycles. The molecular weight excluding hydrogens is 344 g/mol. The standard InChI is InChI=1S/C20H18N4O3/c1-24(12-14-5-3-2-4-6-14)20-21-10-15(11-22-20)19(25)23-16-7-8-17-18(9-16)27-13-26-17/h2-11H,12-13H2,1H3,(H,23,25). The molecule has 0 unspecified atom stereocenters. The van der Waals surface area contributed by atoms with E-state index in [9.17, 15) is 4.79 Å². The number of hydrogen-bond donors (Lipinski definition) is 1. The van der Waals surface area contributed by atoms with Gasteiger partial charge in [-0.1, -0.05) is 30.3 Å². The van der Waals surface area contributed by atoms with Crippen LogP contribution in [0.3, 0.4) is 0 Å². The van der Waals surface area contributed by atoms with Gasteiger partial charge in [-0.2, -0.15) is 0 Å². The van der Waals surface area contributed by atoms with Crippen LogP contribution in [0.5, 0.6) is 11.5 Å². The number of hydrogen-bond acceptors (Lipinski definition) is 6. The average molecular weight is 362 g/mol. The number of aromatic nitrogens is 2. The lowest BCUT2D eigenvalue weighted by Gasteiger charge is -2.17. The lowest BCUT2D eigenvalue weighted by atomic mass is 10.2. The molecule has 0 saturated carbocycles. The summed E-state index contributed by atoms with van der Waals surface area (Å²) in [6.45, 7) is 0.877. The minimum Gasteiger partial charge on any atom is -0.454 e. The van der Waals surface area contributed by atoms with Crippen molar-refractivity contribution in [1.29, 1.82) is 0 Å². The van der Waals surface area contributed by atoms with Crippen LogP contribution in [-0.2, 0) is 6.54 Å². The molecule has 1 aromatic heterocycles. The van der Waals surface area contributed by atoms with Crippen LogP contribution in [-0.4, -0.2) is 29.7 Å². The van der Waals surface area contributed by atoms with Crippen molar-refractivity contribution in [1.82, 2.24) is 9.97 Å². The third kappa shape index (κ3) is 3.82. The summed E-state index contributed by atoms with van der Waals surface area (Å²) in [5, 5.41) is 2.81. The number of ether oxygens (including phenoxy) is 2. The molecule has 0 spiro atoms. The van der Waals surface area contributed by atoms with Crippen LogP contribution in [0.4, 0.5) is 11.6 Å². The van der Waals surface area contributed by atoms with E-state index in [1.165, 1.54) is 12.4 Å². The van der Waals surface area contributed by atoms with Crippen molar-refractivity contribution in [3.05, 3.63) is 72.1 Å². The highest BCUT2D eigenvalue weighted by atomic mass is 16.7. The Morgan fingerprint density at radius 2 is 1.81 bits per heavy atom. The number of carbonyl (C=O) groups excluding carboxylic acids is 1. The van der Waals surface area contributed by atoms with E-state index >= 15 is 0 Å². The first-order chi connectivity index (χ1) is 13.2. The van der Waals surface area contributed by atoms with Crippen LogP contribution in [0, 0.1) is 0 Å². The van der Waals surface area contributed by atoms with Crippen LogP contribution >= 0.6 is 0 Å². The van der Waals surface area contributed by atoms with Gasteiger partial charge >= 0.3 is 0 Å². The highest BCUT2D eigenvalue weighted by molar-refractivity contribution is 6.04. The molecule has 7 heteroatoms. The van der Waals surface area contributed by atoms with Gasteiger partial charge in [-0.25, -0.2) is 9.97 Å². The molecular formula is C20H18N4O3. The van der Waals surface area contributed by atoms with Gasteiger partial charge in [0, 0.05) is 37.7 Å². The van der Waals surface area contributed by atoms with Crippen molar-refractivity contribution in [3.63, 3.8) is 0 Å². The molecule has 27 heavy (non-hydrogen) atoms. The van der Waals surface area contributed by atoms with E-state index < -0.39 is 0 Å². The molecule has 0 atom stereocenters. The van der Waals surface area contributed by atoms with E-state index in [4.69, 9.17) is 9.47 Å². The fourth-order valence-corrected chi connectivity index (χ4v) is 2.74. The van der Waals surface area contributed by atoms with Crippen LogP contribution in [0.25, 0.3) is 0 Å². The summed E-state index contributed by atoms with van der Waals surface area (Å²) in [5.74, 6) is 1.55. The summed E-state index contributed by atoms with van der Waals surface area (Å²) in [6.07, 6.45) is 3.04. The number of rotatable bonds is 5. The van der Waals surface area contributed by atoms with Crippen LogP contribution in [0.1, 0.15) is 15.9 Å². The van der Waals surface area contributed by atoms with Crippen molar-refractivity contribution in [2.45, 2.75) is 6.54 Å². The maximum Gasteiger partial charge on any atom is 0.258 e. The molecule has 3 aromatic rings. The molecule has 0 fully saturated rings. The molecule has 1 amide bonds. The Hall–Kier alpha value is -3.61. The lowest BCUT2D eigenvalue weighted by molar-refractivity contribution is 0.102. The Morgan fingerprint density at radius 1 is 1.07 bits per heavy atom. The number of fused-ring (bicyclic) bond motifs is 1. The van der Waals surface area contributed by atoms with Crippen molar-refractivity contribution in [3.8, 4) is 11.5 Å². The lowest BCUT2D eigenvalue weighted by Crippen LogP contribution is -2.20. The molecule has 1 aliphatic rings. The SMILES string of the molecule is CN(Cc1ccccc1)c1ncc(C(=O)Nc2ccc3c(c2)OCO3)cn1. The Morgan fingerprint density at radius 3 is 2.59 bits per heavy atom. The number of nitrogens with zero attached hydrogens (tertiary/aromatic N) is 3. The van der Waals surface area contributed by atoms with Crippen molar-refractivity contribution < 1.29 is 14.3 Å². The Bertz CT molecular complexity index is 945. The third-order valence-corrected chi connectivity index (χ3v) is 4.13. The summed E-state index contributed by atoms with van der Waals surface area (Å²) in [6, 6.07) is 15.3. The Kier molecular flexibility index (Phi) is 4.57. The zero-order chi connectivity index (χ0) is 18.6.